The van der Waals surface area contributed by atoms with Gasteiger partial charge < -0.3 is 24.5 Å². The van der Waals surface area contributed by atoms with Crippen LogP contribution in [-0.4, -0.2) is 24.3 Å². The Morgan fingerprint density at radius 3 is 1.88 bits per heavy atom. The topological polar surface area (TPSA) is 107 Å². The molecule has 8 heteroatoms. The predicted octanol–water partition coefficient (Wildman–Crippen LogP) is -5.92. The number of carbonyl (C=O) groups excluding carboxylic acids is 3. The number of benzene rings is 2. The van der Waals surface area contributed by atoms with Crippen molar-refractivity contribution >= 4 is 23.8 Å². The number of allylic oxidation sites excluding steroid dienone is 1. The first-order valence-electron chi connectivity index (χ1n) is 6.92. The zero-order valence-corrected chi connectivity index (χ0v) is 18.4. The van der Waals surface area contributed by atoms with Crippen LogP contribution in [0.4, 0.5) is 0 Å². The summed E-state index contributed by atoms with van der Waals surface area (Å²) >= 11 is 0. The summed E-state index contributed by atoms with van der Waals surface area (Å²) in [7, 11) is 0. The monoisotopic (exact) mass is 370 g/mol. The van der Waals surface area contributed by atoms with Crippen molar-refractivity contribution in [3.63, 3.8) is 0 Å². The molecular formula is C18H12Na2O6. The molecule has 0 aliphatic heterocycles. The van der Waals surface area contributed by atoms with E-state index in [-0.39, 0.29) is 70.5 Å². The Kier molecular flexibility index (Phi) is 11.4. The molecule has 0 fully saturated rings. The van der Waals surface area contributed by atoms with Crippen LogP contribution < -0.4 is 74.1 Å². The number of ketones is 1. The van der Waals surface area contributed by atoms with E-state index < -0.39 is 18.5 Å². The maximum atomic E-state index is 12.0. The van der Waals surface area contributed by atoms with Gasteiger partial charge in [-0.3, -0.25) is 4.79 Å². The molecule has 2 aromatic rings. The van der Waals surface area contributed by atoms with Crippen molar-refractivity contribution in [3.05, 3.63) is 71.3 Å². The van der Waals surface area contributed by atoms with E-state index in [0.717, 1.165) is 5.56 Å². The molecule has 0 heterocycles. The molecule has 0 N–H and O–H groups in total. The summed E-state index contributed by atoms with van der Waals surface area (Å²) in [6.45, 7) is -0.532. The molecule has 0 saturated carbocycles. The van der Waals surface area contributed by atoms with Gasteiger partial charge in [0.25, 0.3) is 0 Å². The van der Waals surface area contributed by atoms with E-state index in [4.69, 9.17) is 4.74 Å². The third-order valence-corrected chi connectivity index (χ3v) is 3.07. The molecule has 2 rings (SSSR count). The molecule has 2 aromatic carbocycles. The molecule has 0 aromatic heterocycles. The maximum absolute atomic E-state index is 12.0. The molecule has 0 saturated heterocycles. The summed E-state index contributed by atoms with van der Waals surface area (Å²) < 4.78 is 4.94. The van der Waals surface area contributed by atoms with Crippen molar-refractivity contribution < 1.29 is 88.4 Å². The van der Waals surface area contributed by atoms with Crippen molar-refractivity contribution in [2.75, 3.05) is 6.61 Å². The van der Waals surface area contributed by atoms with Crippen molar-refractivity contribution in [3.8, 4) is 5.75 Å². The Bertz CT molecular complexity index is 782. The van der Waals surface area contributed by atoms with Gasteiger partial charge in [-0.15, -0.1) is 0 Å². The molecule has 122 valence electrons. The minimum atomic E-state index is -1.31. The fourth-order valence-corrected chi connectivity index (χ4v) is 1.86. The number of carboxylic acid groups (broad SMARTS) is 2. The molecule has 0 radical (unpaired) electrons. The van der Waals surface area contributed by atoms with Gasteiger partial charge in [0.05, 0.1) is 11.9 Å². The number of hydrogen-bond donors (Lipinski definition) is 0. The summed E-state index contributed by atoms with van der Waals surface area (Å²) in [5, 5.41) is 20.9. The smallest absolute Gasteiger partial charge is 0.546 e. The van der Waals surface area contributed by atoms with Gasteiger partial charge in [-0.2, -0.15) is 0 Å². The van der Waals surface area contributed by atoms with E-state index in [1.54, 1.807) is 30.3 Å². The predicted molar refractivity (Wildman–Crippen MR) is 81.1 cm³/mol. The first kappa shape index (κ1) is 24.6. The fraction of sp³-hybridized carbons (Fsp3) is 0.0556. The van der Waals surface area contributed by atoms with Crippen LogP contribution in [0, 0.1) is 0 Å². The summed E-state index contributed by atoms with van der Waals surface area (Å²) in [5.41, 5.74) is 1.07. The molecule has 0 aliphatic rings. The Labute approximate surface area is 194 Å². The number of aliphatic carboxylic acids is 1. The van der Waals surface area contributed by atoms with E-state index in [1.165, 1.54) is 30.3 Å². The average molecular weight is 370 g/mol. The maximum Gasteiger partial charge on any atom is 1.00 e. The van der Waals surface area contributed by atoms with Crippen LogP contribution in [0.3, 0.4) is 0 Å². The minimum absolute atomic E-state index is 0. The van der Waals surface area contributed by atoms with Gasteiger partial charge in [0.1, 0.15) is 12.4 Å². The number of aromatic carboxylic acids is 1. The third kappa shape index (κ3) is 7.86. The standard InChI is InChI=1S/C18H14O6.2Na/c19-16(13-4-6-14(7-5-13)18(22)23)10-3-12-1-8-15(9-2-12)24-11-17(20)21;;/h1-10H,11H2,(H,20,21)(H,22,23);;/q;2*+1/p-2. The number of rotatable bonds is 7. The Morgan fingerprint density at radius 2 is 1.38 bits per heavy atom. The molecule has 26 heavy (non-hydrogen) atoms. The Balaban J connectivity index is 0.00000312. The van der Waals surface area contributed by atoms with E-state index in [0.29, 0.717) is 11.3 Å². The van der Waals surface area contributed by atoms with Crippen LogP contribution in [0.2, 0.25) is 0 Å². The van der Waals surface area contributed by atoms with Crippen LogP contribution in [-0.2, 0) is 4.79 Å². The molecule has 0 aliphatic carbocycles. The number of hydrogen-bond acceptors (Lipinski definition) is 6. The fourth-order valence-electron chi connectivity index (χ4n) is 1.86. The van der Waals surface area contributed by atoms with E-state index in [9.17, 15) is 24.6 Å². The van der Waals surface area contributed by atoms with Crippen molar-refractivity contribution in [2.24, 2.45) is 0 Å². The number of ether oxygens (including phenoxy) is 1. The molecule has 0 spiro atoms. The van der Waals surface area contributed by atoms with Crippen LogP contribution in [0.5, 0.6) is 5.75 Å². The summed E-state index contributed by atoms with van der Waals surface area (Å²) in [4.78, 5) is 32.9. The normalized spacial score (nSPS) is 9.69. The third-order valence-electron chi connectivity index (χ3n) is 3.07. The first-order valence-corrected chi connectivity index (χ1v) is 6.92. The van der Waals surface area contributed by atoms with Crippen molar-refractivity contribution in [1.29, 1.82) is 0 Å². The van der Waals surface area contributed by atoms with Crippen LogP contribution >= 0.6 is 0 Å². The number of carboxylic acids is 2. The van der Waals surface area contributed by atoms with Gasteiger partial charge in [-0.05, 0) is 29.3 Å². The molecule has 0 atom stereocenters. The largest absolute Gasteiger partial charge is 1.00 e. The quantitative estimate of drug-likeness (QED) is 0.273. The SMILES string of the molecule is O=C([O-])COc1ccc(C=CC(=O)c2ccc(C(=O)[O-])cc2)cc1.[Na+].[Na+]. The van der Waals surface area contributed by atoms with Gasteiger partial charge in [-0.1, -0.05) is 42.5 Å². The molecular weight excluding hydrogens is 358 g/mol. The molecule has 0 unspecified atom stereocenters. The first-order chi connectivity index (χ1) is 11.5. The second kappa shape index (κ2) is 12.1. The molecule has 6 nitrogen and oxygen atoms in total. The summed E-state index contributed by atoms with van der Waals surface area (Å²) in [6.07, 6.45) is 2.93. The van der Waals surface area contributed by atoms with E-state index in [1.807, 2.05) is 0 Å². The van der Waals surface area contributed by atoms with Gasteiger partial charge in [0.15, 0.2) is 5.78 Å². The zero-order valence-electron chi connectivity index (χ0n) is 14.4. The van der Waals surface area contributed by atoms with Gasteiger partial charge >= 0.3 is 59.1 Å². The van der Waals surface area contributed by atoms with Crippen molar-refractivity contribution in [2.45, 2.75) is 0 Å². The van der Waals surface area contributed by atoms with Gasteiger partial charge in [0, 0.05) is 5.56 Å². The summed E-state index contributed by atoms with van der Waals surface area (Å²) in [5.74, 6) is -2.52. The Morgan fingerprint density at radius 1 is 0.846 bits per heavy atom. The zero-order chi connectivity index (χ0) is 17.5. The second-order valence-corrected chi connectivity index (χ2v) is 4.79. The molecule has 0 amide bonds. The van der Waals surface area contributed by atoms with Gasteiger partial charge in [-0.25, -0.2) is 0 Å². The minimum Gasteiger partial charge on any atom is -0.546 e. The average Bonchev–Trinajstić information content (AvgIpc) is 2.58. The van der Waals surface area contributed by atoms with E-state index >= 15 is 0 Å². The summed E-state index contributed by atoms with van der Waals surface area (Å²) in [6, 6.07) is 11.9. The van der Waals surface area contributed by atoms with Crippen LogP contribution in [0.25, 0.3) is 6.08 Å². The second-order valence-electron chi connectivity index (χ2n) is 4.79. The molecule has 0 bridgehead atoms. The van der Waals surface area contributed by atoms with Crippen molar-refractivity contribution in [1.82, 2.24) is 0 Å². The van der Waals surface area contributed by atoms with Gasteiger partial charge in [0.2, 0.25) is 0 Å². The van der Waals surface area contributed by atoms with E-state index in [2.05, 4.69) is 0 Å². The Hall–Kier alpha value is -1.41. The van der Waals surface area contributed by atoms with Crippen LogP contribution in [0.1, 0.15) is 26.3 Å². The van der Waals surface area contributed by atoms with Crippen LogP contribution in [0.15, 0.2) is 54.6 Å². The number of carbonyl (C=O) groups is 3.